The first-order valence-corrected chi connectivity index (χ1v) is 12.3. The van der Waals surface area contributed by atoms with Gasteiger partial charge in [-0.2, -0.15) is 0 Å². The van der Waals surface area contributed by atoms with Crippen molar-refractivity contribution < 1.29 is 34.0 Å². The maximum Gasteiger partial charge on any atom is 0.359 e. The van der Waals surface area contributed by atoms with E-state index in [4.69, 9.17) is 15.0 Å². The number of aliphatic hydroxyl groups excluding tert-OH is 2. The quantitative estimate of drug-likeness (QED) is 0.271. The molecule has 0 saturated carbocycles. The Kier molecular flexibility index (Phi) is 8.80. The largest absolute Gasteiger partial charge is 0.394 e. The molecule has 12 heteroatoms. The van der Waals surface area contributed by atoms with Gasteiger partial charge in [0, 0.05) is 12.6 Å². The normalized spacial score (nSPS) is 18.2. The van der Waals surface area contributed by atoms with Crippen molar-refractivity contribution in [2.45, 2.75) is 76.7 Å². The highest BCUT2D eigenvalue weighted by Gasteiger charge is 2.48. The molecule has 0 aliphatic heterocycles. The monoisotopic (exact) mass is 474 g/mol. The fourth-order valence-corrected chi connectivity index (χ4v) is 5.17. The zero-order valence-electron chi connectivity index (χ0n) is 19.0. The van der Waals surface area contributed by atoms with E-state index in [1.807, 2.05) is 0 Å². The molecule has 4 atom stereocenters. The van der Waals surface area contributed by atoms with Gasteiger partial charge in [-0.25, -0.2) is 9.97 Å². The molecule has 182 valence electrons. The molecule has 3 unspecified atom stereocenters. The predicted molar refractivity (Wildman–Crippen MR) is 120 cm³/mol. The van der Waals surface area contributed by atoms with E-state index in [2.05, 4.69) is 9.97 Å². The van der Waals surface area contributed by atoms with E-state index in [1.54, 1.807) is 44.5 Å². The SMILES string of the molecule is CCC(C)(CCOC([C@H](O)CO)n1ccc2c(N)ncnc21)OP(=O)(O)C(O)(CC)CC. The summed E-state index contributed by atoms with van der Waals surface area (Å²) >= 11 is 0. The molecule has 32 heavy (non-hydrogen) atoms. The van der Waals surface area contributed by atoms with Crippen LogP contribution in [0.2, 0.25) is 0 Å². The minimum Gasteiger partial charge on any atom is -0.394 e. The fourth-order valence-electron chi connectivity index (χ4n) is 3.38. The molecule has 0 saturated heterocycles. The Balaban J connectivity index is 2.19. The van der Waals surface area contributed by atoms with Crippen LogP contribution in [0, 0.1) is 0 Å². The molecule has 2 aromatic rings. The van der Waals surface area contributed by atoms with Gasteiger partial charge in [0.2, 0.25) is 0 Å². The van der Waals surface area contributed by atoms with Crippen LogP contribution in [0.5, 0.6) is 0 Å². The second-order valence-electron chi connectivity index (χ2n) is 8.09. The van der Waals surface area contributed by atoms with Gasteiger partial charge in [0.05, 0.1) is 24.2 Å². The molecule has 0 radical (unpaired) electrons. The first kappa shape index (κ1) is 26.7. The summed E-state index contributed by atoms with van der Waals surface area (Å²) in [7, 11) is -4.35. The zero-order valence-corrected chi connectivity index (χ0v) is 19.9. The molecule has 0 spiro atoms. The lowest BCUT2D eigenvalue weighted by Gasteiger charge is -2.37. The number of ether oxygens (including phenoxy) is 1. The van der Waals surface area contributed by atoms with Crippen molar-refractivity contribution in [3.05, 3.63) is 18.6 Å². The van der Waals surface area contributed by atoms with Crippen LogP contribution in [-0.2, 0) is 13.8 Å². The highest BCUT2D eigenvalue weighted by atomic mass is 31.2. The van der Waals surface area contributed by atoms with E-state index in [0.717, 1.165) is 0 Å². The number of aromatic nitrogens is 3. The van der Waals surface area contributed by atoms with Gasteiger partial charge in [-0.15, -0.1) is 0 Å². The number of hydrogen-bond acceptors (Lipinski definition) is 9. The maximum atomic E-state index is 12.8. The van der Waals surface area contributed by atoms with Crippen molar-refractivity contribution in [1.29, 1.82) is 0 Å². The van der Waals surface area contributed by atoms with Crippen LogP contribution in [0.15, 0.2) is 18.6 Å². The van der Waals surface area contributed by atoms with Gasteiger partial charge in [0.25, 0.3) is 0 Å². The van der Waals surface area contributed by atoms with Crippen molar-refractivity contribution >= 4 is 24.4 Å². The number of hydrogen-bond donors (Lipinski definition) is 5. The molecule has 0 aliphatic rings. The van der Waals surface area contributed by atoms with Gasteiger partial charge in [-0.3, -0.25) is 4.57 Å². The van der Waals surface area contributed by atoms with Crippen molar-refractivity contribution in [3.63, 3.8) is 0 Å². The van der Waals surface area contributed by atoms with Crippen molar-refractivity contribution in [3.8, 4) is 0 Å². The number of aliphatic hydroxyl groups is 3. The van der Waals surface area contributed by atoms with E-state index in [-0.39, 0.29) is 31.7 Å². The van der Waals surface area contributed by atoms with Gasteiger partial charge in [0.15, 0.2) is 11.6 Å². The Hall–Kier alpha value is -1.59. The minimum atomic E-state index is -4.35. The van der Waals surface area contributed by atoms with Crippen LogP contribution in [0.1, 0.15) is 59.6 Å². The number of fused-ring (bicyclic) bond motifs is 1. The summed E-state index contributed by atoms with van der Waals surface area (Å²) < 4.78 is 25.8. The Bertz CT molecular complexity index is 936. The van der Waals surface area contributed by atoms with Crippen molar-refractivity contribution in [2.75, 3.05) is 18.9 Å². The number of nitrogens with two attached hydrogens (primary N) is 1. The van der Waals surface area contributed by atoms with Crippen LogP contribution in [-0.4, -0.2) is 65.0 Å². The molecule has 0 aromatic carbocycles. The summed E-state index contributed by atoms with van der Waals surface area (Å²) in [5.41, 5.74) is 5.23. The fraction of sp³-hybridized carbons (Fsp3) is 0.700. The number of rotatable bonds is 13. The van der Waals surface area contributed by atoms with Gasteiger partial charge in [-0.1, -0.05) is 20.8 Å². The second kappa shape index (κ2) is 10.6. The van der Waals surface area contributed by atoms with Gasteiger partial charge in [0.1, 0.15) is 23.9 Å². The highest BCUT2D eigenvalue weighted by molar-refractivity contribution is 7.54. The summed E-state index contributed by atoms with van der Waals surface area (Å²) in [6.07, 6.45) is 1.39. The molecule has 0 aliphatic carbocycles. The second-order valence-corrected chi connectivity index (χ2v) is 10.1. The first-order chi connectivity index (χ1) is 15.0. The number of nitrogens with zero attached hydrogens (tertiary/aromatic N) is 3. The molecule has 11 nitrogen and oxygen atoms in total. The minimum absolute atomic E-state index is 0.0307. The van der Waals surface area contributed by atoms with Crippen LogP contribution >= 0.6 is 7.60 Å². The van der Waals surface area contributed by atoms with Crippen molar-refractivity contribution in [2.24, 2.45) is 0 Å². The Morgan fingerprint density at radius 2 is 1.91 bits per heavy atom. The molecular weight excluding hydrogens is 439 g/mol. The molecule has 2 heterocycles. The molecule has 0 fully saturated rings. The summed E-state index contributed by atoms with van der Waals surface area (Å²) in [5, 5.41) is 29.1. The van der Waals surface area contributed by atoms with Crippen LogP contribution in [0.3, 0.4) is 0 Å². The summed E-state index contributed by atoms with van der Waals surface area (Å²) in [4.78, 5) is 18.6. The van der Waals surface area contributed by atoms with Crippen LogP contribution < -0.4 is 5.73 Å². The third-order valence-electron chi connectivity index (χ3n) is 6.00. The van der Waals surface area contributed by atoms with Gasteiger partial charge >= 0.3 is 7.60 Å². The predicted octanol–water partition coefficient (Wildman–Crippen LogP) is 2.15. The van der Waals surface area contributed by atoms with Crippen LogP contribution in [0.4, 0.5) is 5.82 Å². The van der Waals surface area contributed by atoms with E-state index in [0.29, 0.717) is 17.5 Å². The summed E-state index contributed by atoms with van der Waals surface area (Å²) in [6.45, 7) is 6.19. The third kappa shape index (κ3) is 5.48. The Labute approximate surface area is 187 Å². The molecular formula is C20H35N4O7P. The number of anilines is 1. The van der Waals surface area contributed by atoms with E-state index >= 15 is 0 Å². The van der Waals surface area contributed by atoms with Crippen LogP contribution in [0.25, 0.3) is 11.0 Å². The lowest BCUT2D eigenvalue weighted by atomic mass is 10.0. The lowest BCUT2D eigenvalue weighted by Crippen LogP contribution is -2.36. The summed E-state index contributed by atoms with van der Waals surface area (Å²) in [5.74, 6) is 0.274. The van der Waals surface area contributed by atoms with Crippen molar-refractivity contribution in [1.82, 2.24) is 14.5 Å². The molecule has 6 N–H and O–H groups in total. The molecule has 0 bridgehead atoms. The van der Waals surface area contributed by atoms with E-state index < -0.39 is 37.5 Å². The van der Waals surface area contributed by atoms with E-state index in [9.17, 15) is 24.8 Å². The first-order valence-electron chi connectivity index (χ1n) is 10.7. The van der Waals surface area contributed by atoms with Gasteiger partial charge < -0.3 is 39.8 Å². The summed E-state index contributed by atoms with van der Waals surface area (Å²) in [6, 6.07) is 1.68. The number of nitrogen functional groups attached to an aromatic ring is 1. The molecule has 0 amide bonds. The Morgan fingerprint density at radius 3 is 2.47 bits per heavy atom. The average Bonchev–Trinajstić information content (AvgIpc) is 3.20. The van der Waals surface area contributed by atoms with E-state index in [1.165, 1.54) is 6.33 Å². The smallest absolute Gasteiger partial charge is 0.359 e. The lowest BCUT2D eigenvalue weighted by molar-refractivity contribution is -0.107. The average molecular weight is 474 g/mol. The third-order valence-corrected chi connectivity index (χ3v) is 8.37. The molecule has 2 rings (SSSR count). The standard InChI is InChI=1S/C20H35N4O7P/c1-5-19(4,31-32(28,29)20(27,6-2)7-3)9-11-30-18(15(26)12-25)24-10-8-14-16(21)22-13-23-17(14)24/h8,10,13,15,18,25-27H,5-7,9,11-12H2,1-4H3,(H,28,29)(H2,21,22,23)/t15-,18?,19?/m1/s1. The van der Waals surface area contributed by atoms with Gasteiger partial charge in [-0.05, 0) is 32.3 Å². The zero-order chi connectivity index (χ0) is 24.2. The molecule has 2 aromatic heterocycles. The maximum absolute atomic E-state index is 12.8. The Morgan fingerprint density at radius 1 is 1.25 bits per heavy atom. The highest BCUT2D eigenvalue weighted by Crippen LogP contribution is 2.60. The topological polar surface area (TPSA) is 173 Å².